The van der Waals surface area contributed by atoms with E-state index in [1.54, 1.807) is 0 Å². The summed E-state index contributed by atoms with van der Waals surface area (Å²) in [6.45, 7) is 3.20. The van der Waals surface area contributed by atoms with Crippen molar-refractivity contribution in [3.63, 3.8) is 0 Å². The van der Waals surface area contributed by atoms with Crippen LogP contribution in [-0.2, 0) is 9.53 Å². The Kier molecular flexibility index (Phi) is 2.96. The molecule has 2 N–H and O–H groups in total. The van der Waals surface area contributed by atoms with E-state index in [4.69, 9.17) is 4.74 Å². The second-order valence-electron chi connectivity index (χ2n) is 4.88. The van der Waals surface area contributed by atoms with Gasteiger partial charge in [0.05, 0.1) is 12.6 Å². The molecule has 4 heteroatoms. The van der Waals surface area contributed by atoms with E-state index in [-0.39, 0.29) is 18.1 Å². The minimum Gasteiger partial charge on any atom is -0.464 e. The number of rotatable bonds is 2. The predicted octanol–water partition coefficient (Wildman–Crippen LogP) is 0.879. The molecular weight excluding hydrogens is 228 g/mol. The lowest BCUT2D eigenvalue weighted by molar-refractivity contribution is -0.145. The molecule has 3 atom stereocenters. The maximum atomic E-state index is 11.8. The van der Waals surface area contributed by atoms with E-state index in [0.717, 1.165) is 13.0 Å². The van der Waals surface area contributed by atoms with E-state index < -0.39 is 0 Å². The summed E-state index contributed by atoms with van der Waals surface area (Å²) in [6.07, 6.45) is 9.20. The molecule has 96 valence electrons. The van der Waals surface area contributed by atoms with Crippen molar-refractivity contribution in [3.05, 3.63) is 35.6 Å². The summed E-state index contributed by atoms with van der Waals surface area (Å²) in [5.74, 6) is 0.272. The van der Waals surface area contributed by atoms with Crippen molar-refractivity contribution in [2.24, 2.45) is 5.92 Å². The molecule has 1 saturated heterocycles. The Balaban J connectivity index is 1.82. The van der Waals surface area contributed by atoms with Crippen LogP contribution in [0.15, 0.2) is 35.6 Å². The molecule has 0 saturated carbocycles. The van der Waals surface area contributed by atoms with Crippen molar-refractivity contribution in [3.8, 4) is 0 Å². The quantitative estimate of drug-likeness (QED) is 0.710. The van der Waals surface area contributed by atoms with Gasteiger partial charge in [0.1, 0.15) is 6.04 Å². The fraction of sp³-hybridized carbons (Fsp3) is 0.500. The summed E-state index contributed by atoms with van der Waals surface area (Å²) < 4.78 is 5.09. The molecular formula is C14H18N2O2. The van der Waals surface area contributed by atoms with Gasteiger partial charge in [0.2, 0.25) is 0 Å². The van der Waals surface area contributed by atoms with Crippen molar-refractivity contribution in [1.82, 2.24) is 10.6 Å². The highest BCUT2D eigenvalue weighted by molar-refractivity contribution is 5.77. The number of carbonyl (C=O) groups is 1. The molecule has 0 aromatic rings. The summed E-state index contributed by atoms with van der Waals surface area (Å²) in [7, 11) is 0. The molecule has 2 heterocycles. The summed E-state index contributed by atoms with van der Waals surface area (Å²) in [5, 5.41) is 6.85. The lowest BCUT2D eigenvalue weighted by Gasteiger charge is -2.29. The van der Waals surface area contributed by atoms with E-state index in [1.807, 2.05) is 13.0 Å². The minimum atomic E-state index is -0.183. The summed E-state index contributed by atoms with van der Waals surface area (Å²) in [4.78, 5) is 11.8. The predicted molar refractivity (Wildman–Crippen MR) is 68.8 cm³/mol. The van der Waals surface area contributed by atoms with Gasteiger partial charge in [-0.1, -0.05) is 24.3 Å². The second kappa shape index (κ2) is 4.61. The van der Waals surface area contributed by atoms with Crippen LogP contribution in [0.25, 0.3) is 0 Å². The van der Waals surface area contributed by atoms with E-state index in [2.05, 4.69) is 28.9 Å². The first kappa shape index (κ1) is 11.5. The molecule has 3 aliphatic rings. The van der Waals surface area contributed by atoms with Crippen molar-refractivity contribution in [2.45, 2.75) is 25.4 Å². The minimum absolute atomic E-state index is 0.133. The fourth-order valence-electron chi connectivity index (χ4n) is 2.92. The Labute approximate surface area is 107 Å². The van der Waals surface area contributed by atoms with Gasteiger partial charge in [-0.2, -0.15) is 0 Å². The molecule has 0 spiro atoms. The third-order valence-electron chi connectivity index (χ3n) is 3.75. The number of esters is 1. The maximum absolute atomic E-state index is 11.8. The van der Waals surface area contributed by atoms with Gasteiger partial charge in [-0.15, -0.1) is 0 Å². The molecule has 4 nitrogen and oxygen atoms in total. The van der Waals surface area contributed by atoms with Crippen LogP contribution in [0, 0.1) is 5.92 Å². The Morgan fingerprint density at radius 1 is 1.50 bits per heavy atom. The number of fused-ring (bicyclic) bond motifs is 2. The highest BCUT2D eigenvalue weighted by Crippen LogP contribution is 2.32. The number of ether oxygens (including phenoxy) is 1. The highest BCUT2D eigenvalue weighted by Gasteiger charge is 2.38. The smallest absolute Gasteiger partial charge is 0.328 e. The van der Waals surface area contributed by atoms with Crippen LogP contribution in [0.2, 0.25) is 0 Å². The Hall–Kier alpha value is -1.55. The van der Waals surface area contributed by atoms with E-state index in [0.29, 0.717) is 12.5 Å². The average molecular weight is 246 g/mol. The van der Waals surface area contributed by atoms with Crippen molar-refractivity contribution >= 4 is 5.97 Å². The van der Waals surface area contributed by atoms with Crippen molar-refractivity contribution < 1.29 is 9.53 Å². The number of allylic oxidation sites excluding steroid dienone is 2. The first-order valence-electron chi connectivity index (χ1n) is 6.55. The maximum Gasteiger partial charge on any atom is 0.328 e. The molecule has 0 aromatic heterocycles. The molecule has 3 unspecified atom stereocenters. The van der Waals surface area contributed by atoms with Crippen LogP contribution in [0.5, 0.6) is 0 Å². The van der Waals surface area contributed by atoms with Crippen molar-refractivity contribution in [2.75, 3.05) is 13.2 Å². The largest absolute Gasteiger partial charge is 0.464 e. The lowest BCUT2D eigenvalue weighted by atomic mass is 9.89. The first-order valence-corrected chi connectivity index (χ1v) is 6.55. The normalized spacial score (nSPS) is 32.8. The van der Waals surface area contributed by atoms with Gasteiger partial charge in [0, 0.05) is 18.2 Å². The number of hydrogen-bond donors (Lipinski definition) is 2. The number of nitrogens with one attached hydrogen (secondary N) is 2. The third kappa shape index (κ3) is 1.86. The third-order valence-corrected chi connectivity index (χ3v) is 3.75. The van der Waals surface area contributed by atoms with Crippen LogP contribution >= 0.6 is 0 Å². The molecule has 0 radical (unpaired) electrons. The van der Waals surface area contributed by atoms with Gasteiger partial charge >= 0.3 is 5.97 Å². The van der Waals surface area contributed by atoms with Crippen LogP contribution in [0.4, 0.5) is 0 Å². The van der Waals surface area contributed by atoms with Crippen LogP contribution in [-0.4, -0.2) is 31.2 Å². The fourth-order valence-corrected chi connectivity index (χ4v) is 2.92. The summed E-state index contributed by atoms with van der Waals surface area (Å²) in [6, 6.07) is 0.104. The molecule has 18 heavy (non-hydrogen) atoms. The molecule has 1 aliphatic carbocycles. The van der Waals surface area contributed by atoms with Gasteiger partial charge in [-0.05, 0) is 18.9 Å². The van der Waals surface area contributed by atoms with E-state index in [1.165, 1.54) is 11.3 Å². The SMILES string of the molecule is CCOC(=O)C1CC2CNC3C=CC=CC3=C2N1. The average Bonchev–Trinajstić information content (AvgIpc) is 2.83. The number of hydrogen-bond acceptors (Lipinski definition) is 4. The van der Waals surface area contributed by atoms with Gasteiger partial charge in [-0.3, -0.25) is 0 Å². The zero-order valence-electron chi connectivity index (χ0n) is 10.5. The van der Waals surface area contributed by atoms with Crippen LogP contribution < -0.4 is 10.6 Å². The number of carbonyl (C=O) groups excluding carboxylic acids is 1. The Morgan fingerprint density at radius 2 is 2.39 bits per heavy atom. The summed E-state index contributed by atoms with van der Waals surface area (Å²) in [5.41, 5.74) is 2.48. The van der Waals surface area contributed by atoms with Crippen molar-refractivity contribution in [1.29, 1.82) is 0 Å². The zero-order chi connectivity index (χ0) is 12.5. The lowest BCUT2D eigenvalue weighted by Crippen LogP contribution is -2.40. The topological polar surface area (TPSA) is 50.4 Å². The molecule has 3 rings (SSSR count). The standard InChI is InChI=1S/C14H18N2O2/c1-2-18-14(17)12-7-9-8-15-11-6-4-3-5-10(11)13(9)16-12/h3-6,9,11-12,15-16H,2,7-8H2,1H3. The Bertz CT molecular complexity index is 451. The molecule has 0 aromatic carbocycles. The van der Waals surface area contributed by atoms with Gasteiger partial charge in [0.15, 0.2) is 0 Å². The van der Waals surface area contributed by atoms with Gasteiger partial charge in [0.25, 0.3) is 0 Å². The highest BCUT2D eigenvalue weighted by atomic mass is 16.5. The Morgan fingerprint density at radius 3 is 3.22 bits per heavy atom. The summed E-state index contributed by atoms with van der Waals surface area (Å²) >= 11 is 0. The zero-order valence-corrected chi connectivity index (χ0v) is 10.5. The van der Waals surface area contributed by atoms with Gasteiger partial charge in [-0.25, -0.2) is 4.79 Å². The molecule has 1 fully saturated rings. The molecule has 2 aliphatic heterocycles. The van der Waals surface area contributed by atoms with E-state index >= 15 is 0 Å². The molecule has 0 bridgehead atoms. The van der Waals surface area contributed by atoms with Crippen LogP contribution in [0.3, 0.4) is 0 Å². The van der Waals surface area contributed by atoms with E-state index in [9.17, 15) is 4.79 Å². The molecule has 0 amide bonds. The monoisotopic (exact) mass is 246 g/mol. The second-order valence-corrected chi connectivity index (χ2v) is 4.88. The van der Waals surface area contributed by atoms with Gasteiger partial charge < -0.3 is 15.4 Å². The van der Waals surface area contributed by atoms with Crippen LogP contribution in [0.1, 0.15) is 13.3 Å². The first-order chi connectivity index (χ1) is 8.79.